The van der Waals surface area contributed by atoms with Gasteiger partial charge in [0.1, 0.15) is 12.4 Å². The van der Waals surface area contributed by atoms with E-state index < -0.39 is 4.92 Å². The van der Waals surface area contributed by atoms with Crippen LogP contribution in [0.3, 0.4) is 0 Å². The van der Waals surface area contributed by atoms with E-state index in [0.29, 0.717) is 17.4 Å². The molecule has 0 atom stereocenters. The van der Waals surface area contributed by atoms with Crippen molar-refractivity contribution < 1.29 is 9.66 Å². The van der Waals surface area contributed by atoms with Crippen LogP contribution in [0.1, 0.15) is 11.1 Å². The van der Waals surface area contributed by atoms with Crippen molar-refractivity contribution in [1.29, 1.82) is 0 Å². The number of nitro groups is 1. The number of ether oxygens (including phenoxy) is 1. The van der Waals surface area contributed by atoms with Gasteiger partial charge in [-0.1, -0.05) is 29.8 Å². The van der Waals surface area contributed by atoms with Crippen molar-refractivity contribution in [2.75, 3.05) is 5.43 Å². The molecule has 1 heterocycles. The van der Waals surface area contributed by atoms with Crippen LogP contribution in [-0.2, 0) is 6.61 Å². The van der Waals surface area contributed by atoms with Crippen molar-refractivity contribution in [1.82, 2.24) is 4.98 Å². The van der Waals surface area contributed by atoms with Crippen molar-refractivity contribution in [2.24, 2.45) is 5.10 Å². The molecule has 0 aliphatic carbocycles. The first-order valence-corrected chi connectivity index (χ1v) is 8.36. The molecule has 0 spiro atoms. The third-order valence-electron chi connectivity index (χ3n) is 3.60. The van der Waals surface area contributed by atoms with Gasteiger partial charge >= 0.3 is 5.69 Å². The smallest absolute Gasteiger partial charge is 0.313 e. The number of hydrogen-bond acceptors (Lipinski definition) is 6. The molecule has 3 rings (SSSR count). The lowest BCUT2D eigenvalue weighted by molar-refractivity contribution is -0.384. The molecule has 0 radical (unpaired) electrons. The minimum absolute atomic E-state index is 0.0819. The van der Waals surface area contributed by atoms with Crippen LogP contribution in [0.2, 0.25) is 5.02 Å². The second-order valence-corrected chi connectivity index (χ2v) is 5.85. The van der Waals surface area contributed by atoms with Gasteiger partial charge in [-0.3, -0.25) is 15.5 Å². The molecule has 0 bridgehead atoms. The summed E-state index contributed by atoms with van der Waals surface area (Å²) in [5.74, 6) is 0.777. The Kier molecular flexibility index (Phi) is 5.96. The van der Waals surface area contributed by atoms with Crippen LogP contribution in [0, 0.1) is 10.1 Å². The highest BCUT2D eigenvalue weighted by molar-refractivity contribution is 6.31. The predicted molar refractivity (Wildman–Crippen MR) is 104 cm³/mol. The number of aromatic nitrogens is 1. The quantitative estimate of drug-likeness (QED) is 0.364. The standard InChI is InChI=1S/C19H15ClN4O3/c20-17-5-2-1-4-15(17)13-27-16-9-7-14(8-10-16)12-22-23-19-18(24(25)26)6-3-11-21-19/h1-12H,13H2,(H,21,23)/b22-12-. The SMILES string of the molecule is O=[N+]([O-])c1cccnc1N/N=C\c1ccc(OCc2ccccc2Cl)cc1. The molecular formula is C19H15ClN4O3. The van der Waals surface area contributed by atoms with Gasteiger partial charge in [-0.25, -0.2) is 4.98 Å². The van der Waals surface area contributed by atoms with Crippen molar-refractivity contribution in [2.45, 2.75) is 6.61 Å². The van der Waals surface area contributed by atoms with Crippen LogP contribution < -0.4 is 10.2 Å². The number of pyridine rings is 1. The minimum atomic E-state index is -0.518. The molecule has 0 saturated heterocycles. The fourth-order valence-corrected chi connectivity index (χ4v) is 2.42. The molecule has 1 aromatic heterocycles. The average Bonchev–Trinajstić information content (AvgIpc) is 2.69. The normalized spacial score (nSPS) is 10.7. The summed E-state index contributed by atoms with van der Waals surface area (Å²) in [4.78, 5) is 14.3. The zero-order valence-electron chi connectivity index (χ0n) is 14.1. The third-order valence-corrected chi connectivity index (χ3v) is 3.97. The second kappa shape index (κ2) is 8.77. The van der Waals surface area contributed by atoms with E-state index in [1.165, 1.54) is 24.5 Å². The summed E-state index contributed by atoms with van der Waals surface area (Å²) in [5, 5.41) is 15.6. The van der Waals surface area contributed by atoms with Gasteiger partial charge in [0, 0.05) is 22.8 Å². The molecule has 2 aromatic carbocycles. The van der Waals surface area contributed by atoms with E-state index in [2.05, 4.69) is 15.5 Å². The molecule has 0 unspecified atom stereocenters. The number of rotatable bonds is 7. The Balaban J connectivity index is 1.58. The van der Waals surface area contributed by atoms with E-state index in [-0.39, 0.29) is 11.5 Å². The van der Waals surface area contributed by atoms with Gasteiger partial charge in [0.25, 0.3) is 0 Å². The lowest BCUT2D eigenvalue weighted by Gasteiger charge is -2.07. The lowest BCUT2D eigenvalue weighted by Crippen LogP contribution is -1.99. The Labute approximate surface area is 160 Å². The number of nitrogens with zero attached hydrogens (tertiary/aromatic N) is 3. The van der Waals surface area contributed by atoms with Crippen LogP contribution in [0.15, 0.2) is 72.0 Å². The third kappa shape index (κ3) is 5.02. The van der Waals surface area contributed by atoms with Gasteiger partial charge in [0.2, 0.25) is 5.82 Å². The van der Waals surface area contributed by atoms with Gasteiger partial charge in [-0.15, -0.1) is 0 Å². The van der Waals surface area contributed by atoms with Gasteiger partial charge < -0.3 is 4.74 Å². The Bertz CT molecular complexity index is 961. The molecule has 0 aliphatic heterocycles. The van der Waals surface area contributed by atoms with E-state index in [9.17, 15) is 10.1 Å². The van der Waals surface area contributed by atoms with Crippen LogP contribution in [0.25, 0.3) is 0 Å². The van der Waals surface area contributed by atoms with Crippen LogP contribution in [0.5, 0.6) is 5.75 Å². The van der Waals surface area contributed by atoms with Gasteiger partial charge in [-0.05, 0) is 42.0 Å². The summed E-state index contributed by atoms with van der Waals surface area (Å²) >= 11 is 6.10. The lowest BCUT2D eigenvalue weighted by atomic mass is 10.2. The minimum Gasteiger partial charge on any atom is -0.489 e. The number of hydrazone groups is 1. The summed E-state index contributed by atoms with van der Waals surface area (Å²) in [6.07, 6.45) is 2.99. The Morgan fingerprint density at radius 3 is 2.67 bits per heavy atom. The molecule has 8 heteroatoms. The molecular weight excluding hydrogens is 368 g/mol. The fourth-order valence-electron chi connectivity index (χ4n) is 2.22. The van der Waals surface area contributed by atoms with Crippen molar-refractivity contribution >= 4 is 29.3 Å². The fraction of sp³-hybridized carbons (Fsp3) is 0.0526. The molecule has 0 saturated carbocycles. The highest BCUT2D eigenvalue weighted by Crippen LogP contribution is 2.20. The number of halogens is 1. The number of benzene rings is 2. The first kappa shape index (κ1) is 18.3. The molecule has 0 fully saturated rings. The first-order valence-electron chi connectivity index (χ1n) is 7.98. The highest BCUT2D eigenvalue weighted by Gasteiger charge is 2.12. The number of hydrogen-bond donors (Lipinski definition) is 1. The molecule has 0 aliphatic rings. The van der Waals surface area contributed by atoms with E-state index in [1.807, 2.05) is 36.4 Å². The van der Waals surface area contributed by atoms with Crippen molar-refractivity contribution in [3.05, 3.63) is 93.1 Å². The molecule has 0 amide bonds. The van der Waals surface area contributed by atoms with Gasteiger partial charge in [0.15, 0.2) is 0 Å². The van der Waals surface area contributed by atoms with E-state index in [4.69, 9.17) is 16.3 Å². The average molecular weight is 383 g/mol. The summed E-state index contributed by atoms with van der Waals surface area (Å²) in [5.41, 5.74) is 4.15. The topological polar surface area (TPSA) is 89.7 Å². The van der Waals surface area contributed by atoms with Gasteiger partial charge in [-0.2, -0.15) is 5.10 Å². The van der Waals surface area contributed by atoms with Crippen molar-refractivity contribution in [3.8, 4) is 5.75 Å². The summed E-state index contributed by atoms with van der Waals surface area (Å²) < 4.78 is 5.71. The summed E-state index contributed by atoms with van der Waals surface area (Å²) in [6.45, 7) is 0.373. The van der Waals surface area contributed by atoms with E-state index >= 15 is 0 Å². The predicted octanol–water partition coefficient (Wildman–Crippen LogP) is 4.67. The molecule has 136 valence electrons. The summed E-state index contributed by atoms with van der Waals surface area (Å²) in [7, 11) is 0. The Hall–Kier alpha value is -3.45. The maximum atomic E-state index is 10.9. The molecule has 27 heavy (non-hydrogen) atoms. The number of nitrogens with one attached hydrogen (secondary N) is 1. The first-order chi connectivity index (χ1) is 13.1. The van der Waals surface area contributed by atoms with Crippen LogP contribution in [-0.4, -0.2) is 16.1 Å². The van der Waals surface area contributed by atoms with E-state index in [0.717, 1.165) is 11.1 Å². The zero-order chi connectivity index (χ0) is 19.1. The maximum Gasteiger partial charge on any atom is 0.313 e. The Morgan fingerprint density at radius 1 is 1.15 bits per heavy atom. The highest BCUT2D eigenvalue weighted by atomic mass is 35.5. The monoisotopic (exact) mass is 382 g/mol. The number of anilines is 1. The van der Waals surface area contributed by atoms with E-state index in [1.54, 1.807) is 12.1 Å². The van der Waals surface area contributed by atoms with Crippen LogP contribution >= 0.6 is 11.6 Å². The van der Waals surface area contributed by atoms with Crippen molar-refractivity contribution in [3.63, 3.8) is 0 Å². The van der Waals surface area contributed by atoms with Gasteiger partial charge in [0.05, 0.1) is 11.1 Å². The Morgan fingerprint density at radius 2 is 1.93 bits per heavy atom. The van der Waals surface area contributed by atoms with Crippen LogP contribution in [0.4, 0.5) is 11.5 Å². The molecule has 7 nitrogen and oxygen atoms in total. The molecule has 1 N–H and O–H groups in total. The summed E-state index contributed by atoms with van der Waals surface area (Å²) in [6, 6.07) is 17.6. The largest absolute Gasteiger partial charge is 0.489 e. The molecule has 3 aromatic rings. The maximum absolute atomic E-state index is 10.9. The second-order valence-electron chi connectivity index (χ2n) is 5.45. The zero-order valence-corrected chi connectivity index (χ0v) is 14.8.